The topological polar surface area (TPSA) is 79.3 Å². The van der Waals surface area contributed by atoms with Crippen molar-refractivity contribution in [3.63, 3.8) is 0 Å². The first-order valence-electron chi connectivity index (χ1n) is 3.33. The minimum atomic E-state index is -0.925. The highest BCUT2D eigenvalue weighted by molar-refractivity contribution is 5.13. The summed E-state index contributed by atoms with van der Waals surface area (Å²) in [5, 5.41) is 20.9. The van der Waals surface area contributed by atoms with E-state index in [-0.39, 0.29) is 12.2 Å². The summed E-state index contributed by atoms with van der Waals surface area (Å²) >= 11 is 0. The van der Waals surface area contributed by atoms with E-state index in [0.29, 0.717) is 5.88 Å². The molecule has 0 bridgehead atoms. The van der Waals surface area contributed by atoms with Gasteiger partial charge < -0.3 is 14.4 Å². The lowest BCUT2D eigenvalue weighted by Crippen LogP contribution is -1.92. The van der Waals surface area contributed by atoms with Gasteiger partial charge in [0.1, 0.15) is 6.10 Å². The predicted molar refractivity (Wildman–Crippen MR) is 38.2 cm³/mol. The molecule has 0 saturated carbocycles. The van der Waals surface area contributed by atoms with E-state index in [1.54, 1.807) is 0 Å². The zero-order valence-corrected chi connectivity index (χ0v) is 6.52. The average Bonchev–Trinajstić information content (AvgIpc) is 2.52. The zero-order valence-electron chi connectivity index (χ0n) is 6.52. The predicted octanol–water partition coefficient (Wildman–Crippen LogP) is 0.630. The van der Waals surface area contributed by atoms with E-state index in [2.05, 4.69) is 5.16 Å². The van der Waals surface area contributed by atoms with Crippen LogP contribution < -0.4 is 4.74 Å². The Morgan fingerprint density at radius 3 is 3.17 bits per heavy atom. The first kappa shape index (κ1) is 8.56. The van der Waals surface area contributed by atoms with Gasteiger partial charge in [0.2, 0.25) is 0 Å². The molecule has 0 radical (unpaired) electrons. The molecule has 5 nitrogen and oxygen atoms in total. The molecule has 12 heavy (non-hydrogen) atoms. The van der Waals surface area contributed by atoms with Gasteiger partial charge in [0.05, 0.1) is 19.6 Å². The molecule has 0 amide bonds. The molecule has 0 saturated heterocycles. The Morgan fingerprint density at radius 1 is 1.92 bits per heavy atom. The molecule has 0 fully saturated rings. The van der Waals surface area contributed by atoms with Crippen molar-refractivity contribution in [2.45, 2.75) is 12.5 Å². The lowest BCUT2D eigenvalue weighted by molar-refractivity contribution is 0.143. The van der Waals surface area contributed by atoms with Gasteiger partial charge >= 0.3 is 0 Å². The van der Waals surface area contributed by atoms with E-state index in [1.165, 1.54) is 13.2 Å². The van der Waals surface area contributed by atoms with Gasteiger partial charge in [0.15, 0.2) is 5.76 Å². The fourth-order valence-electron chi connectivity index (χ4n) is 0.712. The molecule has 1 unspecified atom stereocenters. The van der Waals surface area contributed by atoms with Crippen molar-refractivity contribution in [1.82, 2.24) is 5.16 Å². The fourth-order valence-corrected chi connectivity index (χ4v) is 0.712. The number of nitrogens with zero attached hydrogens (tertiary/aromatic N) is 2. The number of ether oxygens (including phenoxy) is 1. The molecule has 0 aliphatic carbocycles. The van der Waals surface area contributed by atoms with Crippen LogP contribution in [0.2, 0.25) is 0 Å². The number of hydrogen-bond acceptors (Lipinski definition) is 5. The van der Waals surface area contributed by atoms with Crippen LogP contribution >= 0.6 is 0 Å². The van der Waals surface area contributed by atoms with Crippen molar-refractivity contribution in [3.05, 3.63) is 11.8 Å². The molecular weight excluding hydrogens is 160 g/mol. The smallest absolute Gasteiger partial charge is 0.254 e. The monoisotopic (exact) mass is 168 g/mol. The molecule has 1 atom stereocenters. The van der Waals surface area contributed by atoms with Gasteiger partial charge in [-0.1, -0.05) is 0 Å². The number of aliphatic hydroxyl groups is 1. The highest BCUT2D eigenvalue weighted by atomic mass is 16.5. The minimum Gasteiger partial charge on any atom is -0.479 e. The van der Waals surface area contributed by atoms with Gasteiger partial charge in [-0.15, -0.1) is 0 Å². The number of methoxy groups -OCH3 is 1. The van der Waals surface area contributed by atoms with Crippen LogP contribution in [-0.4, -0.2) is 17.4 Å². The molecule has 0 aliphatic heterocycles. The Kier molecular flexibility index (Phi) is 2.66. The highest BCUT2D eigenvalue weighted by Crippen LogP contribution is 2.19. The van der Waals surface area contributed by atoms with Gasteiger partial charge in [-0.3, -0.25) is 0 Å². The van der Waals surface area contributed by atoms with Crippen LogP contribution in [0.4, 0.5) is 0 Å². The molecule has 64 valence electrons. The van der Waals surface area contributed by atoms with Crippen LogP contribution in [0, 0.1) is 11.3 Å². The second-order valence-electron chi connectivity index (χ2n) is 2.15. The minimum absolute atomic E-state index is 0.0155. The third-order valence-corrected chi connectivity index (χ3v) is 1.33. The van der Waals surface area contributed by atoms with Crippen molar-refractivity contribution in [2.24, 2.45) is 0 Å². The summed E-state index contributed by atoms with van der Waals surface area (Å²) in [6.45, 7) is 0. The normalized spacial score (nSPS) is 12.1. The number of hydrogen-bond donors (Lipinski definition) is 1. The van der Waals surface area contributed by atoms with Crippen LogP contribution in [0.1, 0.15) is 18.3 Å². The molecule has 0 aliphatic rings. The van der Waals surface area contributed by atoms with Crippen LogP contribution in [0.3, 0.4) is 0 Å². The van der Waals surface area contributed by atoms with Crippen LogP contribution in [0.15, 0.2) is 10.6 Å². The van der Waals surface area contributed by atoms with Gasteiger partial charge in [-0.05, 0) is 5.16 Å². The van der Waals surface area contributed by atoms with Crippen molar-refractivity contribution in [2.75, 3.05) is 7.11 Å². The summed E-state index contributed by atoms with van der Waals surface area (Å²) in [5.41, 5.74) is 0. The Bertz CT molecular complexity index is 289. The van der Waals surface area contributed by atoms with Gasteiger partial charge in [0, 0.05) is 6.07 Å². The van der Waals surface area contributed by atoms with Gasteiger partial charge in [0.25, 0.3) is 5.88 Å². The number of aliphatic hydroxyl groups excluding tert-OH is 1. The lowest BCUT2D eigenvalue weighted by atomic mass is 10.2. The largest absolute Gasteiger partial charge is 0.479 e. The summed E-state index contributed by atoms with van der Waals surface area (Å²) in [5.74, 6) is 0.537. The van der Waals surface area contributed by atoms with Crippen LogP contribution in [0.5, 0.6) is 5.88 Å². The summed E-state index contributed by atoms with van der Waals surface area (Å²) < 4.78 is 9.42. The molecule has 1 aromatic rings. The second kappa shape index (κ2) is 3.74. The van der Waals surface area contributed by atoms with Gasteiger partial charge in [-0.2, -0.15) is 5.26 Å². The lowest BCUT2D eigenvalue weighted by Gasteiger charge is -1.97. The third kappa shape index (κ3) is 1.74. The third-order valence-electron chi connectivity index (χ3n) is 1.33. The summed E-state index contributed by atoms with van der Waals surface area (Å²) in [6, 6.07) is 3.26. The van der Waals surface area contributed by atoms with Crippen LogP contribution in [-0.2, 0) is 0 Å². The first-order valence-corrected chi connectivity index (χ1v) is 3.33. The molecular formula is C7H8N2O3. The first-order chi connectivity index (χ1) is 5.77. The maximum Gasteiger partial charge on any atom is 0.254 e. The Labute approximate surface area is 69.2 Å². The molecule has 1 aromatic heterocycles. The highest BCUT2D eigenvalue weighted by Gasteiger charge is 2.13. The number of nitriles is 1. The maximum atomic E-state index is 9.22. The van der Waals surface area contributed by atoms with Crippen molar-refractivity contribution < 1.29 is 14.4 Å². The molecule has 1 heterocycles. The average molecular weight is 168 g/mol. The summed E-state index contributed by atoms with van der Waals surface area (Å²) in [7, 11) is 1.44. The number of rotatable bonds is 3. The standard InChI is InChI=1S/C7H8N2O3/c1-11-7-4-6(12-9-7)5(10)2-3-8/h4-5,10H,2H2,1H3. The Balaban J connectivity index is 2.69. The van der Waals surface area contributed by atoms with E-state index < -0.39 is 6.10 Å². The van der Waals surface area contributed by atoms with E-state index in [1.807, 2.05) is 6.07 Å². The van der Waals surface area contributed by atoms with Crippen molar-refractivity contribution >= 4 is 0 Å². The summed E-state index contributed by atoms with van der Waals surface area (Å²) in [6.07, 6.45) is -0.940. The summed E-state index contributed by atoms with van der Waals surface area (Å²) in [4.78, 5) is 0. The molecule has 5 heteroatoms. The Morgan fingerprint density at radius 2 is 2.67 bits per heavy atom. The molecule has 1 N–H and O–H groups in total. The van der Waals surface area contributed by atoms with E-state index in [0.717, 1.165) is 0 Å². The van der Waals surface area contributed by atoms with Crippen molar-refractivity contribution in [1.29, 1.82) is 5.26 Å². The van der Waals surface area contributed by atoms with E-state index >= 15 is 0 Å². The molecule has 1 rings (SSSR count). The van der Waals surface area contributed by atoms with Crippen LogP contribution in [0.25, 0.3) is 0 Å². The van der Waals surface area contributed by atoms with Crippen molar-refractivity contribution in [3.8, 4) is 11.9 Å². The quantitative estimate of drug-likeness (QED) is 0.716. The molecule has 0 aromatic carbocycles. The Hall–Kier alpha value is -1.54. The molecule has 0 spiro atoms. The van der Waals surface area contributed by atoms with E-state index in [4.69, 9.17) is 14.5 Å². The fraction of sp³-hybridized carbons (Fsp3) is 0.429. The maximum absolute atomic E-state index is 9.22. The number of aromatic nitrogens is 1. The second-order valence-corrected chi connectivity index (χ2v) is 2.15. The zero-order chi connectivity index (χ0) is 8.97. The van der Waals surface area contributed by atoms with E-state index in [9.17, 15) is 5.11 Å². The SMILES string of the molecule is COc1cc(C(O)CC#N)on1. The van der Waals surface area contributed by atoms with Gasteiger partial charge in [-0.25, -0.2) is 0 Å².